The number of hydrogen-bond acceptors (Lipinski definition) is 1. The van der Waals surface area contributed by atoms with Crippen LogP contribution in [-0.2, 0) is 12.8 Å². The highest BCUT2D eigenvalue weighted by atomic mass is 14.9. The van der Waals surface area contributed by atoms with E-state index in [4.69, 9.17) is 0 Å². The molecule has 138 valence electrons. The second kappa shape index (κ2) is 9.73. The molecular weight excluding hydrogens is 314 g/mol. The van der Waals surface area contributed by atoms with Gasteiger partial charge in [0, 0.05) is 6.04 Å². The Balaban J connectivity index is 0.000000206. The molecule has 1 N–H and O–H groups in total. The van der Waals surface area contributed by atoms with Gasteiger partial charge in [-0.25, -0.2) is 0 Å². The van der Waals surface area contributed by atoms with Crippen LogP contribution in [0.2, 0.25) is 0 Å². The molecule has 2 aliphatic rings. The van der Waals surface area contributed by atoms with Crippen LogP contribution in [0.1, 0.15) is 55.7 Å². The van der Waals surface area contributed by atoms with Gasteiger partial charge in [-0.15, -0.1) is 0 Å². The molecule has 0 fully saturated rings. The van der Waals surface area contributed by atoms with E-state index < -0.39 is 0 Å². The first-order valence-corrected chi connectivity index (χ1v) is 10.3. The highest BCUT2D eigenvalue weighted by molar-refractivity contribution is 5.29. The summed E-state index contributed by atoms with van der Waals surface area (Å²) in [6, 6.07) is 20.1. The van der Waals surface area contributed by atoms with E-state index in [0.717, 1.165) is 6.42 Å². The SMILES string of the molecule is CCc1ccccc1.Cc1ccc(C[C@H]2NCCC3=C2CCCC3)cc1. The van der Waals surface area contributed by atoms with Gasteiger partial charge in [0.15, 0.2) is 0 Å². The second-order valence-electron chi connectivity index (χ2n) is 7.62. The van der Waals surface area contributed by atoms with E-state index in [-0.39, 0.29) is 0 Å². The van der Waals surface area contributed by atoms with Gasteiger partial charge in [-0.2, -0.15) is 0 Å². The molecule has 0 saturated heterocycles. The molecule has 1 heterocycles. The van der Waals surface area contributed by atoms with Crippen molar-refractivity contribution in [2.45, 2.75) is 64.8 Å². The van der Waals surface area contributed by atoms with Crippen molar-refractivity contribution in [2.75, 3.05) is 6.54 Å². The van der Waals surface area contributed by atoms with Gasteiger partial charge in [-0.1, -0.05) is 78.2 Å². The molecule has 1 nitrogen and oxygen atoms in total. The molecule has 0 amide bonds. The first-order valence-electron chi connectivity index (χ1n) is 10.3. The van der Waals surface area contributed by atoms with Gasteiger partial charge in [0.25, 0.3) is 0 Å². The van der Waals surface area contributed by atoms with Crippen LogP contribution in [0, 0.1) is 6.92 Å². The Bertz CT molecular complexity index is 693. The minimum absolute atomic E-state index is 0.608. The van der Waals surface area contributed by atoms with Gasteiger partial charge in [-0.3, -0.25) is 0 Å². The third-order valence-electron chi connectivity index (χ3n) is 5.68. The lowest BCUT2D eigenvalue weighted by Crippen LogP contribution is -2.39. The first-order chi connectivity index (χ1) is 12.8. The first kappa shape index (κ1) is 18.9. The van der Waals surface area contributed by atoms with Crippen molar-refractivity contribution >= 4 is 0 Å². The number of benzene rings is 2. The summed E-state index contributed by atoms with van der Waals surface area (Å²) in [6.07, 6.45) is 9.10. The average Bonchev–Trinajstić information content (AvgIpc) is 2.71. The summed E-state index contributed by atoms with van der Waals surface area (Å²) in [5, 5.41) is 3.72. The van der Waals surface area contributed by atoms with E-state index >= 15 is 0 Å². The molecule has 2 aromatic rings. The molecule has 4 rings (SSSR count). The molecule has 0 aromatic heterocycles. The van der Waals surface area contributed by atoms with Crippen LogP contribution in [0.15, 0.2) is 65.7 Å². The Morgan fingerprint density at radius 2 is 1.58 bits per heavy atom. The van der Waals surface area contributed by atoms with Crippen LogP contribution in [-0.4, -0.2) is 12.6 Å². The Hall–Kier alpha value is -1.86. The molecular formula is C25H33N. The molecule has 0 radical (unpaired) electrons. The molecule has 1 aliphatic heterocycles. The van der Waals surface area contributed by atoms with Crippen molar-refractivity contribution in [2.24, 2.45) is 0 Å². The van der Waals surface area contributed by atoms with Crippen LogP contribution in [0.3, 0.4) is 0 Å². The average molecular weight is 348 g/mol. The minimum Gasteiger partial charge on any atom is -0.310 e. The third kappa shape index (κ3) is 5.32. The summed E-state index contributed by atoms with van der Waals surface area (Å²) in [5.41, 5.74) is 7.75. The molecule has 0 unspecified atom stereocenters. The van der Waals surface area contributed by atoms with Gasteiger partial charge in [0.1, 0.15) is 0 Å². The van der Waals surface area contributed by atoms with E-state index in [1.54, 1.807) is 11.1 Å². The molecule has 1 atom stereocenters. The van der Waals surface area contributed by atoms with Crippen molar-refractivity contribution in [3.63, 3.8) is 0 Å². The standard InChI is InChI=1S/C17H23N.C8H10/c1-13-6-8-14(9-7-13)12-17-16-5-3-2-4-15(16)10-11-18-17;1-2-8-6-4-3-5-7-8/h6-9,17-18H,2-5,10-12H2,1H3;3-7H,2H2,1H3/t17-;/m1./s1. The lowest BCUT2D eigenvalue weighted by Gasteiger charge is -2.33. The zero-order valence-electron chi connectivity index (χ0n) is 16.4. The number of hydrogen-bond donors (Lipinski definition) is 1. The highest BCUT2D eigenvalue weighted by Gasteiger charge is 2.24. The normalized spacial score (nSPS) is 19.4. The summed E-state index contributed by atoms with van der Waals surface area (Å²) in [6.45, 7) is 5.50. The van der Waals surface area contributed by atoms with Crippen LogP contribution in [0.4, 0.5) is 0 Å². The summed E-state index contributed by atoms with van der Waals surface area (Å²) >= 11 is 0. The van der Waals surface area contributed by atoms with Crippen molar-refractivity contribution < 1.29 is 0 Å². The van der Waals surface area contributed by atoms with Gasteiger partial charge in [0.05, 0.1) is 0 Å². The van der Waals surface area contributed by atoms with Gasteiger partial charge in [0.2, 0.25) is 0 Å². The van der Waals surface area contributed by atoms with Crippen LogP contribution >= 0.6 is 0 Å². The summed E-state index contributed by atoms with van der Waals surface area (Å²) in [4.78, 5) is 0. The van der Waals surface area contributed by atoms with E-state index in [2.05, 4.69) is 67.7 Å². The fourth-order valence-corrected chi connectivity index (χ4v) is 4.09. The van der Waals surface area contributed by atoms with Crippen LogP contribution in [0.5, 0.6) is 0 Å². The Morgan fingerprint density at radius 3 is 2.27 bits per heavy atom. The van der Waals surface area contributed by atoms with Gasteiger partial charge < -0.3 is 5.32 Å². The lowest BCUT2D eigenvalue weighted by atomic mass is 9.81. The van der Waals surface area contributed by atoms with Crippen molar-refractivity contribution in [1.82, 2.24) is 5.32 Å². The zero-order chi connectivity index (χ0) is 18.2. The van der Waals surface area contributed by atoms with Crippen LogP contribution in [0.25, 0.3) is 0 Å². The second-order valence-corrected chi connectivity index (χ2v) is 7.62. The Labute approximate surface area is 159 Å². The Kier molecular flexibility index (Phi) is 7.08. The van der Waals surface area contributed by atoms with E-state index in [0.29, 0.717) is 6.04 Å². The maximum absolute atomic E-state index is 3.72. The maximum Gasteiger partial charge on any atom is 0.0322 e. The molecule has 1 heteroatoms. The third-order valence-corrected chi connectivity index (χ3v) is 5.68. The Morgan fingerprint density at radius 1 is 0.846 bits per heavy atom. The van der Waals surface area contributed by atoms with Crippen LogP contribution < -0.4 is 5.32 Å². The quantitative estimate of drug-likeness (QED) is 0.670. The number of nitrogens with one attached hydrogen (secondary N) is 1. The van der Waals surface area contributed by atoms with Crippen molar-refractivity contribution in [3.05, 3.63) is 82.4 Å². The molecule has 1 aliphatic carbocycles. The summed E-state index contributed by atoms with van der Waals surface area (Å²) in [5.74, 6) is 0. The summed E-state index contributed by atoms with van der Waals surface area (Å²) in [7, 11) is 0. The predicted octanol–water partition coefficient (Wildman–Crippen LogP) is 6.02. The largest absolute Gasteiger partial charge is 0.310 e. The molecule has 0 bridgehead atoms. The highest BCUT2D eigenvalue weighted by Crippen LogP contribution is 2.32. The predicted molar refractivity (Wildman–Crippen MR) is 113 cm³/mol. The maximum atomic E-state index is 3.72. The zero-order valence-corrected chi connectivity index (χ0v) is 16.4. The summed E-state index contributed by atoms with van der Waals surface area (Å²) < 4.78 is 0. The van der Waals surface area contributed by atoms with E-state index in [1.807, 2.05) is 6.07 Å². The van der Waals surface area contributed by atoms with Gasteiger partial charge in [-0.05, 0) is 69.5 Å². The fourth-order valence-electron chi connectivity index (χ4n) is 4.09. The van der Waals surface area contributed by atoms with E-state index in [1.165, 1.54) is 61.8 Å². The van der Waals surface area contributed by atoms with Crippen molar-refractivity contribution in [1.29, 1.82) is 0 Å². The number of rotatable bonds is 3. The number of aryl methyl sites for hydroxylation is 2. The smallest absolute Gasteiger partial charge is 0.0322 e. The van der Waals surface area contributed by atoms with E-state index in [9.17, 15) is 0 Å². The van der Waals surface area contributed by atoms with Gasteiger partial charge >= 0.3 is 0 Å². The monoisotopic (exact) mass is 347 g/mol. The minimum atomic E-state index is 0.608. The molecule has 0 saturated carbocycles. The molecule has 0 spiro atoms. The lowest BCUT2D eigenvalue weighted by molar-refractivity contribution is 0.474. The van der Waals surface area contributed by atoms with Crippen molar-refractivity contribution in [3.8, 4) is 0 Å². The topological polar surface area (TPSA) is 12.0 Å². The molecule has 2 aromatic carbocycles. The fraction of sp³-hybridized carbons (Fsp3) is 0.440. The molecule has 26 heavy (non-hydrogen) atoms.